The average Bonchev–Trinajstić information content (AvgIpc) is 3.40. The van der Waals surface area contributed by atoms with E-state index in [1.54, 1.807) is 12.1 Å². The Morgan fingerprint density at radius 1 is 1.21 bits per heavy atom. The zero-order valence-electron chi connectivity index (χ0n) is 19.1. The van der Waals surface area contributed by atoms with Gasteiger partial charge in [0.25, 0.3) is 0 Å². The summed E-state index contributed by atoms with van der Waals surface area (Å²) in [6.07, 6.45) is 10.3. The third-order valence-electron chi connectivity index (χ3n) is 6.55. The standard InChI is InChI=1S/C26H30FN5OS/c27-22-4-6-23(7-5-22)31-24-13-21(9-10-30-34)26(18-33,15-20(24)16-28)14-19-3-8-25(29-17-19)32-11-1-2-12-32/h3-8,13,16-18,30,34H,1-2,9-12,14-15,28H2. The van der Waals surface area contributed by atoms with Crippen molar-refractivity contribution in [3.8, 4) is 0 Å². The fourth-order valence-corrected chi connectivity index (χ4v) is 4.83. The van der Waals surface area contributed by atoms with Crippen LogP contribution >= 0.6 is 12.8 Å². The molecule has 0 spiro atoms. The highest BCUT2D eigenvalue weighted by Crippen LogP contribution is 2.42. The SMILES string of the molecule is NC=C1CC(C=O)(Cc2ccc(N3CCCC3)nc2)C(CCNS)=CC1=Nc1ccc(F)cc1. The third-order valence-corrected chi connectivity index (χ3v) is 6.78. The number of aldehydes is 1. The largest absolute Gasteiger partial charge is 0.404 e. The normalized spacial score (nSPS) is 22.9. The lowest BCUT2D eigenvalue weighted by Crippen LogP contribution is -2.35. The molecule has 0 amide bonds. The number of pyridine rings is 1. The number of hydrogen-bond acceptors (Lipinski definition) is 7. The summed E-state index contributed by atoms with van der Waals surface area (Å²) >= 11 is 4.13. The summed E-state index contributed by atoms with van der Waals surface area (Å²) in [6, 6.07) is 10.1. The fraction of sp³-hybridized carbons (Fsp3) is 0.346. The van der Waals surface area contributed by atoms with E-state index >= 15 is 0 Å². The quantitative estimate of drug-likeness (QED) is 0.388. The molecule has 0 saturated carbocycles. The molecule has 6 nitrogen and oxygen atoms in total. The van der Waals surface area contributed by atoms with Gasteiger partial charge in [0.05, 0.1) is 16.8 Å². The van der Waals surface area contributed by atoms with E-state index < -0.39 is 5.41 Å². The van der Waals surface area contributed by atoms with Gasteiger partial charge in [-0.1, -0.05) is 24.5 Å². The Balaban J connectivity index is 1.67. The van der Waals surface area contributed by atoms with E-state index in [1.807, 2.05) is 18.3 Å². The van der Waals surface area contributed by atoms with Crippen molar-refractivity contribution < 1.29 is 9.18 Å². The zero-order chi connectivity index (χ0) is 24.0. The van der Waals surface area contributed by atoms with Crippen LogP contribution in [0.2, 0.25) is 0 Å². The first-order valence-corrected chi connectivity index (χ1v) is 12.0. The molecule has 1 saturated heterocycles. The highest BCUT2D eigenvalue weighted by Gasteiger charge is 2.39. The minimum Gasteiger partial charge on any atom is -0.404 e. The highest BCUT2D eigenvalue weighted by molar-refractivity contribution is 7.78. The average molecular weight is 480 g/mol. The number of nitrogens with two attached hydrogens (primary N) is 1. The highest BCUT2D eigenvalue weighted by atomic mass is 32.1. The van der Waals surface area contributed by atoms with Gasteiger partial charge in [-0.15, -0.1) is 0 Å². The molecule has 1 aromatic heterocycles. The molecule has 8 heteroatoms. The predicted octanol–water partition coefficient (Wildman–Crippen LogP) is 4.32. The van der Waals surface area contributed by atoms with Crippen molar-refractivity contribution in [1.82, 2.24) is 9.71 Å². The molecule has 3 N–H and O–H groups in total. The van der Waals surface area contributed by atoms with E-state index in [-0.39, 0.29) is 5.82 Å². The maximum absolute atomic E-state index is 13.3. The molecule has 0 radical (unpaired) electrons. The molecule has 1 unspecified atom stereocenters. The van der Waals surface area contributed by atoms with Gasteiger partial charge in [0.15, 0.2) is 0 Å². The van der Waals surface area contributed by atoms with Gasteiger partial charge in [0.1, 0.15) is 17.9 Å². The lowest BCUT2D eigenvalue weighted by atomic mass is 9.67. The summed E-state index contributed by atoms with van der Waals surface area (Å²) in [4.78, 5) is 24.3. The first-order valence-electron chi connectivity index (χ1n) is 11.6. The molecule has 0 bridgehead atoms. The predicted molar refractivity (Wildman–Crippen MR) is 138 cm³/mol. The van der Waals surface area contributed by atoms with Gasteiger partial charge in [-0.05, 0) is 85.8 Å². The number of nitrogens with one attached hydrogen (secondary N) is 1. The Morgan fingerprint density at radius 2 is 1.97 bits per heavy atom. The molecule has 1 atom stereocenters. The number of carbonyl (C=O) groups excluding carboxylic acids is 1. The molecule has 1 fully saturated rings. The van der Waals surface area contributed by atoms with Crippen molar-refractivity contribution >= 4 is 36.3 Å². The van der Waals surface area contributed by atoms with Gasteiger partial charge in [-0.25, -0.2) is 14.4 Å². The fourth-order valence-electron chi connectivity index (χ4n) is 4.71. The van der Waals surface area contributed by atoms with Crippen molar-refractivity contribution in [1.29, 1.82) is 0 Å². The van der Waals surface area contributed by atoms with Crippen LogP contribution in [0, 0.1) is 11.2 Å². The first-order chi connectivity index (χ1) is 16.6. The van der Waals surface area contributed by atoms with Crippen LogP contribution in [0.25, 0.3) is 0 Å². The van der Waals surface area contributed by atoms with E-state index in [4.69, 9.17) is 5.73 Å². The summed E-state index contributed by atoms with van der Waals surface area (Å²) in [5, 5.41) is 0. The molecular weight excluding hydrogens is 449 g/mol. The van der Waals surface area contributed by atoms with Gasteiger partial charge in [0, 0.05) is 25.8 Å². The number of aromatic nitrogens is 1. The van der Waals surface area contributed by atoms with Crippen molar-refractivity contribution in [3.05, 3.63) is 77.4 Å². The van der Waals surface area contributed by atoms with Crippen molar-refractivity contribution in [2.75, 3.05) is 24.5 Å². The smallest absolute Gasteiger partial charge is 0.130 e. The lowest BCUT2D eigenvalue weighted by Gasteiger charge is -2.36. The molecular formula is C26H30FN5OS. The van der Waals surface area contributed by atoms with Crippen molar-refractivity contribution in [2.45, 2.75) is 32.1 Å². The first kappa shape index (κ1) is 24.2. The Bertz CT molecular complexity index is 1090. The van der Waals surface area contributed by atoms with E-state index in [2.05, 4.69) is 38.5 Å². The molecule has 178 valence electrons. The second-order valence-electron chi connectivity index (χ2n) is 8.84. The molecule has 1 aliphatic heterocycles. The van der Waals surface area contributed by atoms with Gasteiger partial charge in [-0.2, -0.15) is 0 Å². The second kappa shape index (κ2) is 11.0. The Morgan fingerprint density at radius 3 is 2.59 bits per heavy atom. The Hall–Kier alpha value is -2.97. The topological polar surface area (TPSA) is 83.6 Å². The van der Waals surface area contributed by atoms with Crippen LogP contribution in [0.4, 0.5) is 15.9 Å². The number of anilines is 1. The van der Waals surface area contributed by atoms with Crippen LogP contribution in [0.1, 0.15) is 31.2 Å². The molecule has 34 heavy (non-hydrogen) atoms. The number of carbonyl (C=O) groups is 1. The van der Waals surface area contributed by atoms with Crippen LogP contribution in [0.3, 0.4) is 0 Å². The van der Waals surface area contributed by atoms with Gasteiger partial charge < -0.3 is 15.4 Å². The Labute approximate surface area is 205 Å². The number of halogens is 1. The molecule has 1 aromatic carbocycles. The summed E-state index contributed by atoms with van der Waals surface area (Å²) in [6.45, 7) is 2.67. The minimum atomic E-state index is -0.755. The van der Waals surface area contributed by atoms with E-state index in [0.717, 1.165) is 41.9 Å². The Kier molecular flexibility index (Phi) is 7.80. The number of aliphatic imine (C=N–C) groups is 1. The van der Waals surface area contributed by atoms with Crippen molar-refractivity contribution in [2.24, 2.45) is 16.1 Å². The summed E-state index contributed by atoms with van der Waals surface area (Å²) in [5.41, 5.74) is 9.27. The van der Waals surface area contributed by atoms with E-state index in [0.29, 0.717) is 37.2 Å². The van der Waals surface area contributed by atoms with Crippen molar-refractivity contribution in [3.63, 3.8) is 0 Å². The molecule has 2 aromatic rings. The number of rotatable bonds is 8. The van der Waals surface area contributed by atoms with E-state index in [9.17, 15) is 9.18 Å². The molecule has 2 heterocycles. The maximum Gasteiger partial charge on any atom is 0.130 e. The maximum atomic E-state index is 13.3. The van der Waals surface area contributed by atoms with Crippen LogP contribution in [-0.4, -0.2) is 36.6 Å². The minimum absolute atomic E-state index is 0.317. The number of allylic oxidation sites excluding steroid dienone is 2. The number of benzene rings is 1. The summed E-state index contributed by atoms with van der Waals surface area (Å²) in [7, 11) is 0. The number of nitrogens with zero attached hydrogens (tertiary/aromatic N) is 3. The summed E-state index contributed by atoms with van der Waals surface area (Å²) in [5.74, 6) is 0.666. The molecule has 2 aliphatic rings. The van der Waals surface area contributed by atoms with Crippen LogP contribution < -0.4 is 15.4 Å². The number of thiol groups is 1. The number of hydrogen-bond donors (Lipinski definition) is 3. The van der Waals surface area contributed by atoms with Crippen LogP contribution in [0.15, 0.2) is 71.0 Å². The van der Waals surface area contributed by atoms with Gasteiger partial charge >= 0.3 is 0 Å². The van der Waals surface area contributed by atoms with Crippen LogP contribution in [-0.2, 0) is 11.2 Å². The van der Waals surface area contributed by atoms with E-state index in [1.165, 1.54) is 31.2 Å². The molecule has 4 rings (SSSR count). The van der Waals surface area contributed by atoms with Crippen LogP contribution in [0.5, 0.6) is 0 Å². The molecule has 1 aliphatic carbocycles. The monoisotopic (exact) mass is 479 g/mol. The lowest BCUT2D eigenvalue weighted by molar-refractivity contribution is -0.114. The van der Waals surface area contributed by atoms with Gasteiger partial charge in [-0.3, -0.25) is 4.72 Å². The third kappa shape index (κ3) is 5.39. The zero-order valence-corrected chi connectivity index (χ0v) is 20.0. The second-order valence-corrected chi connectivity index (χ2v) is 9.16. The van der Waals surface area contributed by atoms with Gasteiger partial charge in [0.2, 0.25) is 0 Å². The summed E-state index contributed by atoms with van der Waals surface area (Å²) < 4.78 is 16.2.